The van der Waals surface area contributed by atoms with Crippen LogP contribution in [0.2, 0.25) is 0 Å². The van der Waals surface area contributed by atoms with Crippen LogP contribution in [0.5, 0.6) is 0 Å². The second-order valence-corrected chi connectivity index (χ2v) is 6.11. The van der Waals surface area contributed by atoms with Crippen LogP contribution in [-0.4, -0.2) is 23.5 Å². The topological polar surface area (TPSA) is 77.1 Å². The summed E-state index contributed by atoms with van der Waals surface area (Å²) in [6.45, 7) is 4.68. The molecule has 0 amide bonds. The molecule has 24 heavy (non-hydrogen) atoms. The maximum atomic E-state index is 12.2. The van der Waals surface area contributed by atoms with E-state index >= 15 is 0 Å². The lowest BCUT2D eigenvalue weighted by molar-refractivity contribution is 0.788. The van der Waals surface area contributed by atoms with Crippen LogP contribution in [0.4, 0.5) is 0 Å². The summed E-state index contributed by atoms with van der Waals surface area (Å²) in [5.74, 6) is 0.648. The van der Waals surface area contributed by atoms with Crippen LogP contribution in [0.15, 0.2) is 40.1 Å². The van der Waals surface area contributed by atoms with Crippen LogP contribution in [0, 0.1) is 13.8 Å². The maximum Gasteiger partial charge on any atom is 0.329 e. The molecular formula is C17H17N5O2. The highest BCUT2D eigenvalue weighted by molar-refractivity contribution is 5.75. The molecule has 0 spiro atoms. The first kappa shape index (κ1) is 14.5. The molecule has 122 valence electrons. The lowest BCUT2D eigenvalue weighted by atomic mass is 10.1. The van der Waals surface area contributed by atoms with Crippen LogP contribution >= 0.6 is 0 Å². The summed E-state index contributed by atoms with van der Waals surface area (Å²) in [7, 11) is 1.60. The minimum absolute atomic E-state index is 0.386. The largest absolute Gasteiger partial charge is 0.329 e. The molecule has 3 aromatic heterocycles. The summed E-state index contributed by atoms with van der Waals surface area (Å²) >= 11 is 0. The number of aromatic nitrogens is 5. The molecule has 0 aliphatic carbocycles. The van der Waals surface area contributed by atoms with Crippen molar-refractivity contribution in [2.24, 2.45) is 7.05 Å². The average molecular weight is 323 g/mol. The number of nitrogens with zero attached hydrogens (tertiary/aromatic N) is 4. The van der Waals surface area contributed by atoms with Gasteiger partial charge in [-0.2, -0.15) is 4.98 Å². The number of benzene rings is 1. The Bertz CT molecular complexity index is 1190. The molecule has 0 unspecified atom stereocenters. The third kappa shape index (κ3) is 2.01. The predicted octanol–water partition coefficient (Wildman–Crippen LogP) is 1.34. The summed E-state index contributed by atoms with van der Waals surface area (Å²) in [5.41, 5.74) is 3.24. The van der Waals surface area contributed by atoms with Crippen molar-refractivity contribution in [3.05, 3.63) is 68.1 Å². The normalized spacial score (nSPS) is 11.6. The van der Waals surface area contributed by atoms with Crippen LogP contribution < -0.4 is 11.2 Å². The van der Waals surface area contributed by atoms with Gasteiger partial charge in [-0.3, -0.25) is 18.7 Å². The fourth-order valence-electron chi connectivity index (χ4n) is 2.99. The van der Waals surface area contributed by atoms with E-state index in [0.29, 0.717) is 23.5 Å². The number of fused-ring (bicyclic) bond motifs is 3. The molecule has 0 saturated heterocycles. The van der Waals surface area contributed by atoms with Gasteiger partial charge in [0.2, 0.25) is 5.78 Å². The zero-order valence-electron chi connectivity index (χ0n) is 13.7. The Morgan fingerprint density at radius 3 is 2.54 bits per heavy atom. The quantitative estimate of drug-likeness (QED) is 0.605. The molecule has 7 heteroatoms. The van der Waals surface area contributed by atoms with Gasteiger partial charge in [-0.15, -0.1) is 0 Å². The molecule has 0 fully saturated rings. The Hall–Kier alpha value is -3.09. The van der Waals surface area contributed by atoms with E-state index in [1.165, 1.54) is 10.1 Å². The number of rotatable bonds is 2. The van der Waals surface area contributed by atoms with Crippen molar-refractivity contribution in [1.82, 2.24) is 23.5 Å². The van der Waals surface area contributed by atoms with Crippen LogP contribution in [0.3, 0.4) is 0 Å². The summed E-state index contributed by atoms with van der Waals surface area (Å²) in [6.07, 6.45) is 1.87. The fraction of sp³-hybridized carbons (Fsp3) is 0.235. The van der Waals surface area contributed by atoms with Crippen molar-refractivity contribution in [3.63, 3.8) is 0 Å². The van der Waals surface area contributed by atoms with Crippen molar-refractivity contribution in [3.8, 4) is 0 Å². The van der Waals surface area contributed by atoms with E-state index in [0.717, 1.165) is 11.3 Å². The average Bonchev–Trinajstić information content (AvgIpc) is 3.04. The zero-order valence-corrected chi connectivity index (χ0v) is 13.7. The molecule has 0 bridgehead atoms. The number of H-pyrrole nitrogens is 1. The number of aryl methyl sites for hydroxylation is 3. The van der Waals surface area contributed by atoms with Gasteiger partial charge < -0.3 is 4.57 Å². The van der Waals surface area contributed by atoms with Gasteiger partial charge in [0, 0.05) is 18.9 Å². The van der Waals surface area contributed by atoms with Crippen molar-refractivity contribution >= 4 is 16.9 Å². The highest BCUT2D eigenvalue weighted by Crippen LogP contribution is 2.17. The van der Waals surface area contributed by atoms with Crippen molar-refractivity contribution in [2.75, 3.05) is 0 Å². The summed E-state index contributed by atoms with van der Waals surface area (Å²) in [4.78, 5) is 30.8. The van der Waals surface area contributed by atoms with Gasteiger partial charge in [0.1, 0.15) is 0 Å². The SMILES string of the molecule is Cc1ccc(Cn2c(C)cn3c4c(=O)[nH]c(=O)n(C)c4nc23)cc1. The van der Waals surface area contributed by atoms with E-state index in [9.17, 15) is 9.59 Å². The highest BCUT2D eigenvalue weighted by Gasteiger charge is 2.17. The molecule has 7 nitrogen and oxygen atoms in total. The van der Waals surface area contributed by atoms with Gasteiger partial charge in [-0.25, -0.2) is 4.79 Å². The number of aromatic amines is 1. The van der Waals surface area contributed by atoms with E-state index < -0.39 is 11.2 Å². The maximum absolute atomic E-state index is 12.2. The zero-order chi connectivity index (χ0) is 17.0. The molecule has 1 N–H and O–H groups in total. The van der Waals surface area contributed by atoms with Crippen LogP contribution in [0.1, 0.15) is 16.8 Å². The smallest absolute Gasteiger partial charge is 0.310 e. The molecule has 4 aromatic rings. The molecule has 0 saturated carbocycles. The first-order valence-corrected chi connectivity index (χ1v) is 7.68. The second kappa shape index (κ2) is 4.95. The van der Waals surface area contributed by atoms with E-state index in [2.05, 4.69) is 41.2 Å². The molecule has 0 aliphatic rings. The number of nitrogens with one attached hydrogen (secondary N) is 1. The number of imidazole rings is 2. The Morgan fingerprint density at radius 2 is 1.83 bits per heavy atom. The van der Waals surface area contributed by atoms with Gasteiger partial charge in [0.15, 0.2) is 11.2 Å². The van der Waals surface area contributed by atoms with Crippen LogP contribution in [-0.2, 0) is 13.6 Å². The molecule has 3 heterocycles. The summed E-state index contributed by atoms with van der Waals surface area (Å²) in [6, 6.07) is 8.30. The van der Waals surface area contributed by atoms with E-state index in [4.69, 9.17) is 0 Å². The van der Waals surface area contributed by atoms with Crippen molar-refractivity contribution in [2.45, 2.75) is 20.4 Å². The first-order valence-electron chi connectivity index (χ1n) is 7.68. The minimum Gasteiger partial charge on any atom is -0.310 e. The molecule has 4 rings (SSSR count). The van der Waals surface area contributed by atoms with Gasteiger partial charge in [-0.1, -0.05) is 29.8 Å². The Labute approximate surface area is 136 Å². The standard InChI is InChI=1S/C17H17N5O2/c1-10-4-6-12(7-5-10)9-21-11(2)8-22-13-14(18-16(21)22)20(3)17(24)19-15(13)23/h4-8H,9H2,1-3H3,(H,19,23,24). The second-order valence-electron chi connectivity index (χ2n) is 6.11. The van der Waals surface area contributed by atoms with E-state index in [1.807, 2.05) is 17.7 Å². The van der Waals surface area contributed by atoms with Gasteiger partial charge >= 0.3 is 5.69 Å². The first-order chi connectivity index (χ1) is 11.5. The predicted molar refractivity (Wildman–Crippen MR) is 91.6 cm³/mol. The Balaban J connectivity index is 1.98. The number of hydrogen-bond donors (Lipinski definition) is 1. The molecular weight excluding hydrogens is 306 g/mol. The van der Waals surface area contributed by atoms with Crippen LogP contribution in [0.25, 0.3) is 16.9 Å². The monoisotopic (exact) mass is 323 g/mol. The lowest BCUT2D eigenvalue weighted by Gasteiger charge is -2.06. The van der Waals surface area contributed by atoms with Crippen molar-refractivity contribution < 1.29 is 0 Å². The lowest BCUT2D eigenvalue weighted by Crippen LogP contribution is -2.28. The summed E-state index contributed by atoms with van der Waals surface area (Å²) in [5, 5.41) is 0. The van der Waals surface area contributed by atoms with E-state index in [1.54, 1.807) is 11.4 Å². The third-order valence-corrected chi connectivity index (χ3v) is 4.38. The minimum atomic E-state index is -0.463. The van der Waals surface area contributed by atoms with Gasteiger partial charge in [0.05, 0.1) is 6.54 Å². The van der Waals surface area contributed by atoms with E-state index in [-0.39, 0.29) is 0 Å². The Morgan fingerprint density at radius 1 is 1.12 bits per heavy atom. The Kier molecular flexibility index (Phi) is 2.99. The highest BCUT2D eigenvalue weighted by atomic mass is 16.2. The molecule has 0 aliphatic heterocycles. The fourth-order valence-corrected chi connectivity index (χ4v) is 2.99. The molecule has 0 atom stereocenters. The van der Waals surface area contributed by atoms with Gasteiger partial charge in [-0.05, 0) is 19.4 Å². The number of hydrogen-bond acceptors (Lipinski definition) is 3. The molecule has 1 aromatic carbocycles. The third-order valence-electron chi connectivity index (χ3n) is 4.38. The molecule has 0 radical (unpaired) electrons. The van der Waals surface area contributed by atoms with Gasteiger partial charge in [0.25, 0.3) is 5.56 Å². The van der Waals surface area contributed by atoms with Crippen molar-refractivity contribution in [1.29, 1.82) is 0 Å². The summed E-state index contributed by atoms with van der Waals surface area (Å²) < 4.78 is 5.14.